The Hall–Kier alpha value is -4.98. The van der Waals surface area contributed by atoms with Crippen LogP contribution in [0.1, 0.15) is 39.5 Å². The van der Waals surface area contributed by atoms with Crippen molar-refractivity contribution < 1.29 is 23.2 Å². The Balaban J connectivity index is 1.53. The molecule has 0 spiro atoms. The predicted octanol–water partition coefficient (Wildman–Crippen LogP) is 4.71. The highest BCUT2D eigenvalue weighted by Crippen LogP contribution is 2.36. The van der Waals surface area contributed by atoms with E-state index in [9.17, 15) is 18.4 Å². The van der Waals surface area contributed by atoms with Gasteiger partial charge in [-0.3, -0.25) is 18.3 Å². The van der Waals surface area contributed by atoms with Gasteiger partial charge in [0, 0.05) is 48.3 Å². The smallest absolute Gasteiger partial charge is 0.332 e. The fourth-order valence-corrected chi connectivity index (χ4v) is 6.13. The minimum Gasteiger partial charge on any atom is -0.755 e. The van der Waals surface area contributed by atoms with E-state index < -0.39 is 23.3 Å². The third-order valence-electron chi connectivity index (χ3n) is 6.25. The first kappa shape index (κ1) is 29.5. The molecule has 2 aromatic heterocycles. The molecule has 5 aromatic rings. The molecule has 2 unspecified atom stereocenters. The van der Waals surface area contributed by atoms with Gasteiger partial charge in [-0.05, 0) is 54.1 Å². The van der Waals surface area contributed by atoms with E-state index in [-0.39, 0.29) is 18.2 Å². The van der Waals surface area contributed by atoms with Gasteiger partial charge < -0.3 is 20.4 Å². The zero-order valence-electron chi connectivity index (χ0n) is 22.7. The Morgan fingerprint density at radius 2 is 1.86 bits per heavy atom. The molecule has 0 aliphatic carbocycles. The van der Waals surface area contributed by atoms with Crippen LogP contribution < -0.4 is 15.4 Å². The predicted molar refractivity (Wildman–Crippen MR) is 165 cm³/mol. The maximum absolute atomic E-state index is 12.9. The van der Waals surface area contributed by atoms with Crippen molar-refractivity contribution in [3.63, 3.8) is 0 Å². The van der Waals surface area contributed by atoms with Crippen LogP contribution in [0, 0.1) is 0 Å². The van der Waals surface area contributed by atoms with E-state index in [4.69, 9.17) is 10.7 Å². The number of fused-ring (bicyclic) bond motifs is 1. The highest BCUT2D eigenvalue weighted by Gasteiger charge is 2.27. The van der Waals surface area contributed by atoms with Crippen molar-refractivity contribution in [3.8, 4) is 0 Å². The van der Waals surface area contributed by atoms with Gasteiger partial charge in [-0.1, -0.05) is 41.6 Å². The normalized spacial score (nSPS) is 12.8. The lowest BCUT2D eigenvalue weighted by molar-refractivity contribution is -0.140. The molecule has 0 bridgehead atoms. The highest BCUT2D eigenvalue weighted by atomic mass is 32.2. The third kappa shape index (κ3) is 7.27. The molecule has 2 heterocycles. The quantitative estimate of drug-likeness (QED) is 0.0752. The van der Waals surface area contributed by atoms with Crippen molar-refractivity contribution in [1.82, 2.24) is 9.97 Å². The SMILES string of the molecule is CC(=O)O/N=C(/N)c1cccc(CC(c2nc3ccccc3s2)N(c2cccc(NC(=O)c3cccnc3)c2)S(=O)[O-])c1. The molecule has 0 saturated carbocycles. The monoisotopic (exact) mass is 613 g/mol. The summed E-state index contributed by atoms with van der Waals surface area (Å²) in [6.45, 7) is 1.22. The molecule has 0 saturated heterocycles. The number of pyridine rings is 1. The number of carbonyl (C=O) groups is 2. The Bertz CT molecular complexity index is 1800. The minimum absolute atomic E-state index is 0.00472. The Labute approximate surface area is 253 Å². The second kappa shape index (κ2) is 13.3. The molecular formula is C30H25N6O5S2-. The molecule has 3 aromatic carbocycles. The number of amides is 1. The molecule has 0 radical (unpaired) electrons. The van der Waals surface area contributed by atoms with E-state index in [2.05, 4.69) is 20.3 Å². The first-order valence-electron chi connectivity index (χ1n) is 12.9. The van der Waals surface area contributed by atoms with Crippen molar-refractivity contribution in [1.29, 1.82) is 0 Å². The maximum atomic E-state index is 12.9. The molecule has 2 atom stereocenters. The number of aromatic nitrogens is 2. The van der Waals surface area contributed by atoms with E-state index in [1.54, 1.807) is 60.8 Å². The number of carbonyl (C=O) groups excluding carboxylic acids is 2. The maximum Gasteiger partial charge on any atom is 0.332 e. The fourth-order valence-electron chi connectivity index (χ4n) is 4.34. The van der Waals surface area contributed by atoms with Crippen LogP contribution in [0.15, 0.2) is 102 Å². The summed E-state index contributed by atoms with van der Waals surface area (Å²) >= 11 is -1.35. The first-order chi connectivity index (χ1) is 20.8. The summed E-state index contributed by atoms with van der Waals surface area (Å²) in [5.74, 6) is -0.995. The number of oxime groups is 1. The van der Waals surface area contributed by atoms with Gasteiger partial charge >= 0.3 is 5.97 Å². The summed E-state index contributed by atoms with van der Waals surface area (Å²) < 4.78 is 28.0. The zero-order chi connectivity index (χ0) is 30.3. The molecule has 3 N–H and O–H groups in total. The number of rotatable bonds is 10. The van der Waals surface area contributed by atoms with E-state index >= 15 is 0 Å². The summed E-state index contributed by atoms with van der Waals surface area (Å²) in [7, 11) is 0. The van der Waals surface area contributed by atoms with Crippen molar-refractivity contribution in [2.45, 2.75) is 19.4 Å². The van der Waals surface area contributed by atoms with Gasteiger partial charge in [0.1, 0.15) is 5.01 Å². The number of hydrogen-bond donors (Lipinski definition) is 2. The average molecular weight is 614 g/mol. The lowest BCUT2D eigenvalue weighted by Gasteiger charge is -2.34. The molecule has 5 rings (SSSR count). The van der Waals surface area contributed by atoms with Gasteiger partial charge in [0.2, 0.25) is 0 Å². The number of nitrogens with two attached hydrogens (primary N) is 1. The summed E-state index contributed by atoms with van der Waals surface area (Å²) in [6, 6.07) is 23.7. The Morgan fingerprint density at radius 1 is 1.07 bits per heavy atom. The number of nitrogens with zero attached hydrogens (tertiary/aromatic N) is 4. The molecule has 1 amide bonds. The molecule has 13 heteroatoms. The van der Waals surface area contributed by atoms with Crippen LogP contribution in [-0.4, -0.2) is 36.4 Å². The van der Waals surface area contributed by atoms with Gasteiger partial charge in [0.15, 0.2) is 5.84 Å². The zero-order valence-corrected chi connectivity index (χ0v) is 24.4. The van der Waals surface area contributed by atoms with E-state index in [1.165, 1.54) is 28.8 Å². The Kier molecular flexibility index (Phi) is 9.15. The molecule has 11 nitrogen and oxygen atoms in total. The number of nitrogens with one attached hydrogen (secondary N) is 1. The summed E-state index contributed by atoms with van der Waals surface area (Å²) in [4.78, 5) is 37.3. The van der Waals surface area contributed by atoms with Crippen molar-refractivity contribution in [3.05, 3.63) is 119 Å². The first-order valence-corrected chi connectivity index (χ1v) is 14.8. The fraction of sp³-hybridized carbons (Fsp3) is 0.100. The Morgan fingerprint density at radius 3 is 2.60 bits per heavy atom. The van der Waals surface area contributed by atoms with Crippen LogP contribution in [0.3, 0.4) is 0 Å². The number of anilines is 2. The summed E-state index contributed by atoms with van der Waals surface area (Å²) in [5.41, 5.74) is 9.09. The van der Waals surface area contributed by atoms with E-state index in [0.717, 1.165) is 15.8 Å². The van der Waals surface area contributed by atoms with Gasteiger partial charge in [0.05, 0.1) is 27.5 Å². The van der Waals surface area contributed by atoms with Gasteiger partial charge in [-0.25, -0.2) is 9.78 Å². The number of hydrogen-bond acceptors (Lipinski definition) is 9. The van der Waals surface area contributed by atoms with Crippen LogP contribution in [0.5, 0.6) is 0 Å². The van der Waals surface area contributed by atoms with Crippen LogP contribution in [0.4, 0.5) is 11.4 Å². The molecule has 0 fully saturated rings. The van der Waals surface area contributed by atoms with E-state index in [1.807, 2.05) is 30.3 Å². The number of thiazole rings is 1. The van der Waals surface area contributed by atoms with Crippen molar-refractivity contribution in [2.24, 2.45) is 10.9 Å². The molecular weight excluding hydrogens is 589 g/mol. The molecule has 0 aliphatic heterocycles. The number of amidine groups is 1. The average Bonchev–Trinajstić information content (AvgIpc) is 3.44. The van der Waals surface area contributed by atoms with Crippen molar-refractivity contribution in [2.75, 3.05) is 9.62 Å². The van der Waals surface area contributed by atoms with Gasteiger partial charge in [-0.2, -0.15) is 0 Å². The third-order valence-corrected chi connectivity index (χ3v) is 8.17. The minimum atomic E-state index is -2.74. The second-order valence-electron chi connectivity index (χ2n) is 9.29. The van der Waals surface area contributed by atoms with Crippen molar-refractivity contribution >= 4 is 61.9 Å². The lowest BCUT2D eigenvalue weighted by atomic mass is 10.0. The van der Waals surface area contributed by atoms with Gasteiger partial charge in [-0.15, -0.1) is 11.3 Å². The molecule has 43 heavy (non-hydrogen) atoms. The molecule has 218 valence electrons. The second-order valence-corrected chi connectivity index (χ2v) is 11.2. The lowest BCUT2D eigenvalue weighted by Crippen LogP contribution is -2.32. The van der Waals surface area contributed by atoms with Crippen LogP contribution in [0.25, 0.3) is 10.2 Å². The standard InChI is InChI=1S/C30H26N6O5S2/c1-19(37)41-35-28(31)21-8-4-7-20(15-21)16-26(30-34-25-12-2-3-13-27(25)42-30)36(43(39)40)24-11-5-10-23(17-24)33-29(38)22-9-6-14-32-18-22/h2-15,17-18,26H,16H2,1H3,(H2,31,35)(H,33,38)(H,39,40)/p-1. The summed E-state index contributed by atoms with van der Waals surface area (Å²) in [5, 5.41) is 7.03. The highest BCUT2D eigenvalue weighted by molar-refractivity contribution is 7.80. The topological polar surface area (TPSA) is 163 Å². The van der Waals surface area contributed by atoms with E-state index in [0.29, 0.717) is 27.5 Å². The van der Waals surface area contributed by atoms with Crippen LogP contribution >= 0.6 is 11.3 Å². The van der Waals surface area contributed by atoms with Crippen LogP contribution in [-0.2, 0) is 27.3 Å². The summed E-state index contributed by atoms with van der Waals surface area (Å²) in [6.07, 6.45) is 3.23. The van der Waals surface area contributed by atoms with Gasteiger partial charge in [0.25, 0.3) is 5.91 Å². The number of para-hydroxylation sites is 1. The van der Waals surface area contributed by atoms with Crippen LogP contribution in [0.2, 0.25) is 0 Å². The molecule has 0 aliphatic rings. The largest absolute Gasteiger partial charge is 0.755 e. The number of benzene rings is 3.